The molecule has 0 radical (unpaired) electrons. The molecule has 1 amide bonds. The molecule has 2 rings (SSSR count). The maximum absolute atomic E-state index is 12.0. The first-order valence-corrected chi connectivity index (χ1v) is 6.50. The van der Waals surface area contributed by atoms with Crippen LogP contribution >= 0.6 is 0 Å². The third-order valence-corrected chi connectivity index (χ3v) is 3.24. The Balaban J connectivity index is 1.92. The van der Waals surface area contributed by atoms with E-state index < -0.39 is 0 Å². The SMILES string of the molecule is COc1cccc(CNC(=O)Cc2c(C)n[nH]c2C)c1. The zero-order chi connectivity index (χ0) is 14.5. The number of methoxy groups -OCH3 is 1. The number of hydrogen-bond acceptors (Lipinski definition) is 3. The number of nitrogens with zero attached hydrogens (tertiary/aromatic N) is 1. The van der Waals surface area contributed by atoms with Crippen molar-refractivity contribution < 1.29 is 9.53 Å². The number of rotatable bonds is 5. The second-order valence-corrected chi connectivity index (χ2v) is 4.72. The first-order valence-electron chi connectivity index (χ1n) is 6.50. The second kappa shape index (κ2) is 6.23. The van der Waals surface area contributed by atoms with Gasteiger partial charge in [0.2, 0.25) is 5.91 Å². The van der Waals surface area contributed by atoms with E-state index in [1.54, 1.807) is 7.11 Å². The Morgan fingerprint density at radius 1 is 1.40 bits per heavy atom. The van der Waals surface area contributed by atoms with E-state index in [2.05, 4.69) is 15.5 Å². The lowest BCUT2D eigenvalue weighted by Gasteiger charge is -2.07. The van der Waals surface area contributed by atoms with Gasteiger partial charge in [-0.25, -0.2) is 0 Å². The molecule has 0 aliphatic carbocycles. The summed E-state index contributed by atoms with van der Waals surface area (Å²) in [5.41, 5.74) is 3.80. The first kappa shape index (κ1) is 14.1. The van der Waals surface area contributed by atoms with E-state index in [0.29, 0.717) is 13.0 Å². The molecule has 0 unspecified atom stereocenters. The van der Waals surface area contributed by atoms with Crippen LogP contribution in [0.15, 0.2) is 24.3 Å². The van der Waals surface area contributed by atoms with Crippen molar-refractivity contribution in [1.29, 1.82) is 0 Å². The number of hydrogen-bond donors (Lipinski definition) is 2. The van der Waals surface area contributed by atoms with Crippen molar-refractivity contribution >= 4 is 5.91 Å². The molecule has 0 spiro atoms. The molecule has 0 bridgehead atoms. The van der Waals surface area contributed by atoms with E-state index in [0.717, 1.165) is 28.3 Å². The Labute approximate surface area is 118 Å². The molecule has 0 atom stereocenters. The first-order chi connectivity index (χ1) is 9.60. The van der Waals surface area contributed by atoms with Crippen LogP contribution in [0.1, 0.15) is 22.5 Å². The largest absolute Gasteiger partial charge is 0.497 e. The minimum absolute atomic E-state index is 0.0135. The number of H-pyrrole nitrogens is 1. The van der Waals surface area contributed by atoms with Gasteiger partial charge in [0.15, 0.2) is 0 Å². The summed E-state index contributed by atoms with van der Waals surface area (Å²) in [6.45, 7) is 4.31. The maximum atomic E-state index is 12.0. The summed E-state index contributed by atoms with van der Waals surface area (Å²) in [4.78, 5) is 12.0. The van der Waals surface area contributed by atoms with Gasteiger partial charge in [0.25, 0.3) is 0 Å². The monoisotopic (exact) mass is 273 g/mol. The minimum Gasteiger partial charge on any atom is -0.497 e. The van der Waals surface area contributed by atoms with Crippen LogP contribution in [0.25, 0.3) is 0 Å². The van der Waals surface area contributed by atoms with Crippen molar-refractivity contribution in [1.82, 2.24) is 15.5 Å². The standard InChI is InChI=1S/C15H19N3O2/c1-10-14(11(2)18-17-10)8-15(19)16-9-12-5-4-6-13(7-12)20-3/h4-7H,8-9H2,1-3H3,(H,16,19)(H,17,18). The number of benzene rings is 1. The van der Waals surface area contributed by atoms with E-state index >= 15 is 0 Å². The molecule has 0 saturated carbocycles. The minimum atomic E-state index is -0.0135. The quantitative estimate of drug-likeness (QED) is 0.874. The Morgan fingerprint density at radius 3 is 2.85 bits per heavy atom. The lowest BCUT2D eigenvalue weighted by atomic mass is 10.1. The van der Waals surface area contributed by atoms with Crippen LogP contribution < -0.4 is 10.1 Å². The zero-order valence-corrected chi connectivity index (χ0v) is 12.0. The number of aryl methyl sites for hydroxylation is 2. The van der Waals surface area contributed by atoms with E-state index in [1.807, 2.05) is 38.1 Å². The molecule has 2 N–H and O–H groups in total. The maximum Gasteiger partial charge on any atom is 0.224 e. The predicted molar refractivity (Wildman–Crippen MR) is 76.6 cm³/mol. The lowest BCUT2D eigenvalue weighted by molar-refractivity contribution is -0.120. The van der Waals surface area contributed by atoms with Gasteiger partial charge in [0, 0.05) is 17.8 Å². The van der Waals surface area contributed by atoms with Gasteiger partial charge in [-0.1, -0.05) is 12.1 Å². The average molecular weight is 273 g/mol. The van der Waals surface area contributed by atoms with Gasteiger partial charge >= 0.3 is 0 Å². The number of nitrogens with one attached hydrogen (secondary N) is 2. The van der Waals surface area contributed by atoms with Gasteiger partial charge in [0.1, 0.15) is 5.75 Å². The van der Waals surface area contributed by atoms with Crippen molar-refractivity contribution in [2.75, 3.05) is 7.11 Å². The summed E-state index contributed by atoms with van der Waals surface area (Å²) < 4.78 is 5.15. The Kier molecular flexibility index (Phi) is 4.40. The summed E-state index contributed by atoms with van der Waals surface area (Å²) in [5.74, 6) is 0.777. The van der Waals surface area contributed by atoms with Gasteiger partial charge < -0.3 is 10.1 Å². The third-order valence-electron chi connectivity index (χ3n) is 3.24. The van der Waals surface area contributed by atoms with Gasteiger partial charge in [0.05, 0.1) is 19.2 Å². The zero-order valence-electron chi connectivity index (χ0n) is 12.0. The van der Waals surface area contributed by atoms with Crippen molar-refractivity contribution in [3.63, 3.8) is 0 Å². The molecular weight excluding hydrogens is 254 g/mol. The fraction of sp³-hybridized carbons (Fsp3) is 0.333. The molecule has 0 saturated heterocycles. The highest BCUT2D eigenvalue weighted by molar-refractivity contribution is 5.79. The molecule has 0 aliphatic heterocycles. The normalized spacial score (nSPS) is 10.3. The molecule has 1 aromatic carbocycles. The van der Waals surface area contributed by atoms with Gasteiger partial charge in [-0.2, -0.15) is 5.10 Å². The number of ether oxygens (including phenoxy) is 1. The van der Waals surface area contributed by atoms with Gasteiger partial charge in [-0.05, 0) is 31.5 Å². The van der Waals surface area contributed by atoms with Crippen molar-refractivity contribution in [3.8, 4) is 5.75 Å². The number of aromatic nitrogens is 2. The topological polar surface area (TPSA) is 67.0 Å². The third kappa shape index (κ3) is 3.38. The highest BCUT2D eigenvalue weighted by Crippen LogP contribution is 2.13. The highest BCUT2D eigenvalue weighted by atomic mass is 16.5. The summed E-state index contributed by atoms with van der Waals surface area (Å²) in [6, 6.07) is 7.65. The van der Waals surface area contributed by atoms with Crippen molar-refractivity contribution in [2.24, 2.45) is 0 Å². The predicted octanol–water partition coefficient (Wildman–Crippen LogP) is 1.89. The molecular formula is C15H19N3O2. The molecule has 5 heteroatoms. The summed E-state index contributed by atoms with van der Waals surface area (Å²) in [6.07, 6.45) is 0.345. The van der Waals surface area contributed by atoms with E-state index in [9.17, 15) is 4.79 Å². The molecule has 20 heavy (non-hydrogen) atoms. The fourth-order valence-corrected chi connectivity index (χ4v) is 2.04. The van der Waals surface area contributed by atoms with Crippen LogP contribution in [0.3, 0.4) is 0 Å². The molecule has 2 aromatic rings. The van der Waals surface area contributed by atoms with E-state index in [4.69, 9.17) is 4.74 Å². The molecule has 1 heterocycles. The summed E-state index contributed by atoms with van der Waals surface area (Å²) in [7, 11) is 1.63. The van der Waals surface area contributed by atoms with Crippen LogP contribution in [-0.4, -0.2) is 23.2 Å². The number of carbonyl (C=O) groups is 1. The smallest absolute Gasteiger partial charge is 0.224 e. The van der Waals surface area contributed by atoms with Crippen LogP contribution in [0.4, 0.5) is 0 Å². The van der Waals surface area contributed by atoms with Crippen LogP contribution in [0, 0.1) is 13.8 Å². The van der Waals surface area contributed by atoms with Gasteiger partial charge in [-0.3, -0.25) is 9.89 Å². The van der Waals surface area contributed by atoms with Crippen LogP contribution in [-0.2, 0) is 17.8 Å². The Hall–Kier alpha value is -2.30. The number of aromatic amines is 1. The number of amides is 1. The average Bonchev–Trinajstić information content (AvgIpc) is 2.77. The number of carbonyl (C=O) groups excluding carboxylic acids is 1. The molecule has 5 nitrogen and oxygen atoms in total. The second-order valence-electron chi connectivity index (χ2n) is 4.72. The Bertz CT molecular complexity index is 585. The van der Waals surface area contributed by atoms with Crippen LogP contribution in [0.2, 0.25) is 0 Å². The molecule has 1 aromatic heterocycles. The molecule has 106 valence electrons. The molecule has 0 aliphatic rings. The van der Waals surface area contributed by atoms with Gasteiger partial charge in [-0.15, -0.1) is 0 Å². The van der Waals surface area contributed by atoms with E-state index in [1.165, 1.54) is 0 Å². The highest BCUT2D eigenvalue weighted by Gasteiger charge is 2.11. The van der Waals surface area contributed by atoms with Crippen molar-refractivity contribution in [2.45, 2.75) is 26.8 Å². The fourth-order valence-electron chi connectivity index (χ4n) is 2.04. The Morgan fingerprint density at radius 2 is 2.20 bits per heavy atom. The summed E-state index contributed by atoms with van der Waals surface area (Å²) in [5, 5.41) is 9.88. The van der Waals surface area contributed by atoms with Crippen molar-refractivity contribution in [3.05, 3.63) is 46.8 Å². The van der Waals surface area contributed by atoms with E-state index in [-0.39, 0.29) is 5.91 Å². The summed E-state index contributed by atoms with van der Waals surface area (Å²) >= 11 is 0. The molecule has 0 fully saturated rings. The lowest BCUT2D eigenvalue weighted by Crippen LogP contribution is -2.24. The van der Waals surface area contributed by atoms with Crippen LogP contribution in [0.5, 0.6) is 5.75 Å².